The number of benzene rings is 3. The van der Waals surface area contributed by atoms with Gasteiger partial charge in [-0.25, -0.2) is 0 Å². The highest BCUT2D eigenvalue weighted by atomic mass is 35.5. The second-order valence-corrected chi connectivity index (χ2v) is 8.83. The first-order valence-electron chi connectivity index (χ1n) is 9.54. The van der Waals surface area contributed by atoms with Crippen molar-refractivity contribution in [2.75, 3.05) is 10.6 Å². The average Bonchev–Trinajstić information content (AvgIpc) is 2.72. The normalized spacial score (nSPS) is 11.6. The molecule has 0 aliphatic carbocycles. The summed E-state index contributed by atoms with van der Waals surface area (Å²) in [6.45, 7) is 5.70. The van der Waals surface area contributed by atoms with Gasteiger partial charge in [0, 0.05) is 26.9 Å². The molecule has 0 bridgehead atoms. The molecule has 1 unspecified atom stereocenters. The number of hydrogen-bond acceptors (Lipinski definition) is 3. The van der Waals surface area contributed by atoms with Gasteiger partial charge in [-0.15, -0.1) is 11.8 Å². The monoisotopic (exact) mass is 438 g/mol. The number of nitrogens with one attached hydrogen (secondary N) is 2. The van der Waals surface area contributed by atoms with Crippen LogP contribution in [0.4, 0.5) is 11.4 Å². The molecule has 30 heavy (non-hydrogen) atoms. The molecule has 3 rings (SSSR count). The first-order valence-corrected chi connectivity index (χ1v) is 10.8. The van der Waals surface area contributed by atoms with E-state index in [2.05, 4.69) is 10.6 Å². The summed E-state index contributed by atoms with van der Waals surface area (Å²) in [6.07, 6.45) is 0. The fourth-order valence-corrected chi connectivity index (χ4v) is 3.89. The molecule has 0 saturated carbocycles. The van der Waals surface area contributed by atoms with Crippen molar-refractivity contribution in [3.63, 3.8) is 0 Å². The second-order valence-electron chi connectivity index (χ2n) is 7.01. The van der Waals surface area contributed by atoms with Gasteiger partial charge in [0.25, 0.3) is 5.91 Å². The molecule has 2 N–H and O–H groups in total. The van der Waals surface area contributed by atoms with E-state index in [1.165, 1.54) is 11.8 Å². The van der Waals surface area contributed by atoms with Crippen molar-refractivity contribution in [3.8, 4) is 0 Å². The van der Waals surface area contributed by atoms with Crippen LogP contribution < -0.4 is 10.6 Å². The summed E-state index contributed by atoms with van der Waals surface area (Å²) in [4.78, 5) is 25.9. The zero-order chi connectivity index (χ0) is 21.7. The third-order valence-corrected chi connectivity index (χ3v) is 6.12. The first-order chi connectivity index (χ1) is 14.3. The van der Waals surface area contributed by atoms with Crippen LogP contribution in [0.25, 0.3) is 0 Å². The number of halogens is 1. The van der Waals surface area contributed by atoms with Crippen molar-refractivity contribution in [3.05, 3.63) is 88.4 Å². The lowest BCUT2D eigenvalue weighted by molar-refractivity contribution is -0.115. The van der Waals surface area contributed by atoms with Gasteiger partial charge in [0.05, 0.1) is 5.25 Å². The largest absolute Gasteiger partial charge is 0.325 e. The van der Waals surface area contributed by atoms with Crippen LogP contribution in [0.1, 0.15) is 28.4 Å². The molecule has 4 nitrogen and oxygen atoms in total. The van der Waals surface area contributed by atoms with Gasteiger partial charge in [-0.2, -0.15) is 0 Å². The van der Waals surface area contributed by atoms with Crippen LogP contribution in [-0.4, -0.2) is 17.1 Å². The van der Waals surface area contributed by atoms with E-state index in [1.54, 1.807) is 18.2 Å². The Hall–Kier alpha value is -2.76. The van der Waals surface area contributed by atoms with E-state index in [0.717, 1.165) is 16.0 Å². The van der Waals surface area contributed by atoms with Crippen LogP contribution in [0.3, 0.4) is 0 Å². The minimum Gasteiger partial charge on any atom is -0.325 e. The fourth-order valence-electron chi connectivity index (χ4n) is 2.79. The Kier molecular flexibility index (Phi) is 7.19. The molecule has 6 heteroatoms. The Morgan fingerprint density at radius 1 is 0.933 bits per heavy atom. The van der Waals surface area contributed by atoms with E-state index in [-0.39, 0.29) is 17.1 Å². The molecule has 0 spiro atoms. The second kappa shape index (κ2) is 9.83. The van der Waals surface area contributed by atoms with Gasteiger partial charge >= 0.3 is 0 Å². The third-order valence-electron chi connectivity index (χ3n) is 4.61. The predicted molar refractivity (Wildman–Crippen MR) is 126 cm³/mol. The molecule has 0 aliphatic rings. The molecule has 0 radical (unpaired) electrons. The van der Waals surface area contributed by atoms with Crippen LogP contribution in [0.5, 0.6) is 0 Å². The van der Waals surface area contributed by atoms with Crippen molar-refractivity contribution in [1.29, 1.82) is 0 Å². The van der Waals surface area contributed by atoms with E-state index in [9.17, 15) is 9.59 Å². The third kappa shape index (κ3) is 5.65. The molecule has 2 amide bonds. The van der Waals surface area contributed by atoms with Gasteiger partial charge < -0.3 is 10.6 Å². The summed E-state index contributed by atoms with van der Waals surface area (Å²) in [5.41, 5.74) is 3.93. The summed E-state index contributed by atoms with van der Waals surface area (Å²) in [5, 5.41) is 6.13. The Morgan fingerprint density at radius 2 is 1.63 bits per heavy atom. The van der Waals surface area contributed by atoms with E-state index in [1.807, 2.05) is 69.3 Å². The number of thioether (sulfide) groups is 1. The molecule has 0 fully saturated rings. The summed E-state index contributed by atoms with van der Waals surface area (Å²) in [7, 11) is 0. The maximum absolute atomic E-state index is 12.6. The molecule has 3 aromatic rings. The summed E-state index contributed by atoms with van der Waals surface area (Å²) < 4.78 is 0. The number of carbonyl (C=O) groups excluding carboxylic acids is 2. The van der Waals surface area contributed by atoms with Gasteiger partial charge in [0.2, 0.25) is 5.91 Å². The van der Waals surface area contributed by atoms with Gasteiger partial charge in [0.15, 0.2) is 0 Å². The Bertz CT molecular complexity index is 1070. The summed E-state index contributed by atoms with van der Waals surface area (Å²) in [5.74, 6) is -0.279. The van der Waals surface area contributed by atoms with Crippen molar-refractivity contribution in [1.82, 2.24) is 0 Å². The molecule has 154 valence electrons. The van der Waals surface area contributed by atoms with Crippen LogP contribution in [0, 0.1) is 13.8 Å². The first kappa shape index (κ1) is 21.9. The lowest BCUT2D eigenvalue weighted by Gasteiger charge is -2.15. The summed E-state index contributed by atoms with van der Waals surface area (Å²) in [6, 6.07) is 20.3. The average molecular weight is 439 g/mol. The van der Waals surface area contributed by atoms with Gasteiger partial charge in [-0.1, -0.05) is 41.4 Å². The molecule has 0 aromatic heterocycles. The number of anilines is 2. The summed E-state index contributed by atoms with van der Waals surface area (Å²) >= 11 is 7.55. The minimum absolute atomic E-state index is 0.112. The molecule has 0 saturated heterocycles. The van der Waals surface area contributed by atoms with Crippen LogP contribution in [0.2, 0.25) is 5.02 Å². The predicted octanol–water partition coefficient (Wildman–Crippen LogP) is 6.33. The lowest BCUT2D eigenvalue weighted by Crippen LogP contribution is -2.22. The van der Waals surface area contributed by atoms with E-state index in [0.29, 0.717) is 22.0 Å². The minimum atomic E-state index is -0.327. The van der Waals surface area contributed by atoms with Crippen molar-refractivity contribution < 1.29 is 9.59 Å². The highest BCUT2D eigenvalue weighted by Gasteiger charge is 2.16. The van der Waals surface area contributed by atoms with Gasteiger partial charge in [-0.05, 0) is 68.8 Å². The Labute approximate surface area is 186 Å². The van der Waals surface area contributed by atoms with Crippen LogP contribution in [0.15, 0.2) is 71.6 Å². The van der Waals surface area contributed by atoms with Crippen molar-refractivity contribution in [2.24, 2.45) is 0 Å². The van der Waals surface area contributed by atoms with Gasteiger partial charge in [-0.3, -0.25) is 9.59 Å². The SMILES string of the molecule is Cc1ccc(C(=O)Nc2cccc(SC(C)C(=O)Nc3cccc(Cl)c3C)c2)cc1. The number of amides is 2. The van der Waals surface area contributed by atoms with E-state index < -0.39 is 0 Å². The fraction of sp³-hybridized carbons (Fsp3) is 0.167. The lowest BCUT2D eigenvalue weighted by atomic mass is 10.1. The molecular weight excluding hydrogens is 416 g/mol. The molecular formula is C24H23ClN2O2S. The Balaban J connectivity index is 1.64. The maximum Gasteiger partial charge on any atom is 0.255 e. The van der Waals surface area contributed by atoms with Gasteiger partial charge in [0.1, 0.15) is 0 Å². The number of aryl methyl sites for hydroxylation is 1. The Morgan fingerprint density at radius 3 is 2.37 bits per heavy atom. The molecule has 0 aliphatic heterocycles. The highest BCUT2D eigenvalue weighted by molar-refractivity contribution is 8.00. The highest BCUT2D eigenvalue weighted by Crippen LogP contribution is 2.28. The standard InChI is InChI=1S/C24H23ClN2O2S/c1-15-10-12-18(13-11-15)24(29)26-19-6-4-7-20(14-19)30-17(3)23(28)27-22-9-5-8-21(25)16(22)2/h4-14,17H,1-3H3,(H,26,29)(H,27,28). The van der Waals surface area contributed by atoms with E-state index in [4.69, 9.17) is 11.6 Å². The topological polar surface area (TPSA) is 58.2 Å². The molecule has 3 aromatic carbocycles. The van der Waals surface area contributed by atoms with Crippen molar-refractivity contribution >= 4 is 46.6 Å². The molecule has 1 atom stereocenters. The van der Waals surface area contributed by atoms with Crippen LogP contribution >= 0.6 is 23.4 Å². The van der Waals surface area contributed by atoms with Crippen LogP contribution in [-0.2, 0) is 4.79 Å². The van der Waals surface area contributed by atoms with Crippen molar-refractivity contribution in [2.45, 2.75) is 30.9 Å². The quantitative estimate of drug-likeness (QED) is 0.442. The smallest absolute Gasteiger partial charge is 0.255 e. The zero-order valence-electron chi connectivity index (χ0n) is 17.0. The number of rotatable bonds is 6. The zero-order valence-corrected chi connectivity index (χ0v) is 18.6. The number of carbonyl (C=O) groups is 2. The van der Waals surface area contributed by atoms with E-state index >= 15 is 0 Å². The molecule has 0 heterocycles. The number of hydrogen-bond donors (Lipinski definition) is 2. The maximum atomic E-state index is 12.6.